The molecule has 3 aromatic heterocycles. The molecule has 4 heterocycles. The second kappa shape index (κ2) is 9.47. The second-order valence-electron chi connectivity index (χ2n) is 10.8. The summed E-state index contributed by atoms with van der Waals surface area (Å²) in [6.45, 7) is 5.32. The lowest BCUT2D eigenvalue weighted by atomic mass is 10.0. The number of piperidine rings is 1. The molecule has 204 valence electrons. The number of aryl methyl sites for hydroxylation is 1. The van der Waals surface area contributed by atoms with Gasteiger partial charge in [0.15, 0.2) is 5.78 Å². The Hall–Kier alpha value is -4.19. The molecular weight excluding hydrogens is 576 g/mol. The van der Waals surface area contributed by atoms with E-state index in [-0.39, 0.29) is 47.2 Å². The number of pyridine rings is 1. The quantitative estimate of drug-likeness (QED) is 0.250. The molecule has 40 heavy (non-hydrogen) atoms. The highest BCUT2D eigenvalue weighted by molar-refractivity contribution is 9.10. The number of likely N-dealkylation sites (tertiary alicyclic amines) is 1. The third kappa shape index (κ3) is 4.51. The van der Waals surface area contributed by atoms with Gasteiger partial charge in [0.2, 0.25) is 17.8 Å². The van der Waals surface area contributed by atoms with Crippen molar-refractivity contribution in [1.82, 2.24) is 29.6 Å². The number of carbonyl (C=O) groups excluding carboxylic acids is 3. The van der Waals surface area contributed by atoms with Gasteiger partial charge < -0.3 is 16.0 Å². The van der Waals surface area contributed by atoms with E-state index >= 15 is 0 Å². The Bertz CT molecular complexity index is 1700. The van der Waals surface area contributed by atoms with Gasteiger partial charge in [-0.15, -0.1) is 0 Å². The molecule has 1 aliphatic carbocycles. The Balaban J connectivity index is 1.29. The van der Waals surface area contributed by atoms with Crippen LogP contribution in [0.15, 0.2) is 47.3 Å². The Morgan fingerprint density at radius 3 is 2.60 bits per heavy atom. The largest absolute Gasteiger partial charge is 0.368 e. The number of Topliss-reactive ketones (excluding diaryl/α,β-unsaturated/α-hetero) is 1. The highest BCUT2D eigenvalue weighted by Crippen LogP contribution is 2.59. The first-order chi connectivity index (χ1) is 19.0. The zero-order valence-corrected chi connectivity index (χ0v) is 23.8. The zero-order valence-electron chi connectivity index (χ0n) is 22.2. The Morgan fingerprint density at radius 1 is 1.12 bits per heavy atom. The number of benzene rings is 1. The lowest BCUT2D eigenvalue weighted by Crippen LogP contribution is -2.47. The van der Waals surface area contributed by atoms with Gasteiger partial charge in [-0.2, -0.15) is 5.10 Å². The maximum absolute atomic E-state index is 13.8. The van der Waals surface area contributed by atoms with Crippen molar-refractivity contribution in [2.45, 2.75) is 52.2 Å². The first-order valence-corrected chi connectivity index (χ1v) is 13.7. The average molecular weight is 603 g/mol. The van der Waals surface area contributed by atoms with Crippen molar-refractivity contribution in [3.8, 4) is 11.1 Å². The van der Waals surface area contributed by atoms with E-state index in [0.717, 1.165) is 23.1 Å². The van der Waals surface area contributed by atoms with E-state index in [1.807, 2.05) is 37.3 Å². The fraction of sp³-hybridized carbons (Fsp3) is 0.321. The maximum atomic E-state index is 13.8. The van der Waals surface area contributed by atoms with Crippen LogP contribution >= 0.6 is 15.9 Å². The Labute approximate surface area is 238 Å². The summed E-state index contributed by atoms with van der Waals surface area (Å²) in [5.41, 5.74) is 8.79. The van der Waals surface area contributed by atoms with Crippen molar-refractivity contribution in [1.29, 1.82) is 0 Å². The molecule has 1 saturated heterocycles. The van der Waals surface area contributed by atoms with Crippen molar-refractivity contribution in [3.63, 3.8) is 0 Å². The monoisotopic (exact) mass is 602 g/mol. The van der Waals surface area contributed by atoms with Gasteiger partial charge in [0.05, 0.1) is 5.52 Å². The van der Waals surface area contributed by atoms with Crippen LogP contribution in [0.1, 0.15) is 42.7 Å². The van der Waals surface area contributed by atoms with Crippen molar-refractivity contribution < 1.29 is 14.4 Å². The molecule has 2 amide bonds. The van der Waals surface area contributed by atoms with Gasteiger partial charge in [-0.1, -0.05) is 19.1 Å². The molecule has 3 atom stereocenters. The number of nitrogens with one attached hydrogen (secondary N) is 1. The van der Waals surface area contributed by atoms with Crippen molar-refractivity contribution in [2.24, 2.45) is 5.41 Å². The van der Waals surface area contributed by atoms with Crippen LogP contribution in [0.5, 0.6) is 0 Å². The molecule has 0 spiro atoms. The van der Waals surface area contributed by atoms with Crippen molar-refractivity contribution >= 4 is 56.2 Å². The van der Waals surface area contributed by atoms with Crippen LogP contribution < -0.4 is 11.1 Å². The lowest BCUT2D eigenvalue weighted by molar-refractivity contribution is -0.138. The van der Waals surface area contributed by atoms with Crippen LogP contribution in [0.25, 0.3) is 22.0 Å². The summed E-state index contributed by atoms with van der Waals surface area (Å²) < 4.78 is 2.16. The standard InChI is InChI=1S/C28H27BrN8O3/c1-14-4-7-22(29)33-25(14)34-26(40)20-9-28(3)10-21(28)37(20)23(39)13-36-19-6-5-16(17-11-31-27(30)32-12-17)8-18(19)24(35-36)15(2)38/h4-8,11-12,20-21H,9-10,13H2,1-3H3,(H2,30,31,32)(H,33,34,40)/t20-,21+,28-/m0/s1. The number of fused-ring (bicyclic) bond motifs is 2. The molecule has 11 nitrogen and oxygen atoms in total. The fourth-order valence-electron chi connectivity index (χ4n) is 5.63. The van der Waals surface area contributed by atoms with E-state index in [1.165, 1.54) is 6.92 Å². The maximum Gasteiger partial charge on any atom is 0.248 e. The number of ketones is 1. The smallest absolute Gasteiger partial charge is 0.248 e. The van der Waals surface area contributed by atoms with Gasteiger partial charge in [-0.3, -0.25) is 19.1 Å². The number of hydrogen-bond donors (Lipinski definition) is 2. The van der Waals surface area contributed by atoms with Crippen molar-refractivity contribution in [3.05, 3.63) is 58.6 Å². The number of hydrogen-bond acceptors (Lipinski definition) is 8. The van der Waals surface area contributed by atoms with Gasteiger partial charge in [0.1, 0.15) is 28.7 Å². The summed E-state index contributed by atoms with van der Waals surface area (Å²) in [5.74, 6) is -0.0679. The Morgan fingerprint density at radius 2 is 1.88 bits per heavy atom. The fourth-order valence-corrected chi connectivity index (χ4v) is 5.94. The molecule has 1 saturated carbocycles. The molecular formula is C28H27BrN8O3. The molecule has 1 aromatic carbocycles. The topological polar surface area (TPSA) is 149 Å². The van der Waals surface area contributed by atoms with E-state index in [1.54, 1.807) is 22.0 Å². The minimum Gasteiger partial charge on any atom is -0.368 e. The van der Waals surface area contributed by atoms with Gasteiger partial charge in [-0.25, -0.2) is 15.0 Å². The van der Waals surface area contributed by atoms with Gasteiger partial charge in [-0.05, 0) is 70.4 Å². The normalized spacial score (nSPS) is 21.4. The number of amides is 2. The van der Waals surface area contributed by atoms with Gasteiger partial charge in [0, 0.05) is 36.3 Å². The number of halogens is 1. The SMILES string of the molecule is CC(=O)c1nn(CC(=O)N2[C@H](C(=O)Nc3nc(Br)ccc3C)C[C@@]3(C)C[C@@H]23)c2ccc(-c3cnc(N)nc3)cc12. The van der Waals surface area contributed by atoms with Crippen LogP contribution in [0.2, 0.25) is 0 Å². The van der Waals surface area contributed by atoms with Crippen LogP contribution in [-0.2, 0) is 16.1 Å². The van der Waals surface area contributed by atoms with Gasteiger partial charge >= 0.3 is 0 Å². The molecule has 4 aromatic rings. The van der Waals surface area contributed by atoms with E-state index in [4.69, 9.17) is 5.73 Å². The zero-order chi connectivity index (χ0) is 28.3. The first kappa shape index (κ1) is 26.1. The Kier molecular flexibility index (Phi) is 6.17. The third-order valence-corrected chi connectivity index (χ3v) is 8.35. The number of nitrogen functional groups attached to an aromatic ring is 1. The summed E-state index contributed by atoms with van der Waals surface area (Å²) in [4.78, 5) is 53.8. The molecule has 0 bridgehead atoms. The molecule has 6 rings (SSSR count). The highest BCUT2D eigenvalue weighted by atomic mass is 79.9. The summed E-state index contributed by atoms with van der Waals surface area (Å²) in [6.07, 6.45) is 4.65. The molecule has 12 heteroatoms. The van der Waals surface area contributed by atoms with E-state index in [0.29, 0.717) is 27.7 Å². The second-order valence-corrected chi connectivity index (χ2v) is 11.6. The summed E-state index contributed by atoms with van der Waals surface area (Å²) in [6, 6.07) is 8.56. The number of anilines is 2. The van der Waals surface area contributed by atoms with Gasteiger partial charge in [0.25, 0.3) is 0 Å². The number of aromatic nitrogens is 5. The minimum absolute atomic E-state index is 0.0152. The third-order valence-electron chi connectivity index (χ3n) is 7.90. The number of rotatable bonds is 6. The molecule has 2 fully saturated rings. The van der Waals surface area contributed by atoms with Crippen molar-refractivity contribution in [2.75, 3.05) is 11.1 Å². The molecule has 0 unspecified atom stereocenters. The number of nitrogens with two attached hydrogens (primary N) is 1. The summed E-state index contributed by atoms with van der Waals surface area (Å²) in [7, 11) is 0. The number of carbonyl (C=O) groups is 3. The molecule has 3 N–H and O–H groups in total. The van der Waals surface area contributed by atoms with Crippen LogP contribution in [0, 0.1) is 12.3 Å². The van der Waals surface area contributed by atoms with Crippen LogP contribution in [-0.4, -0.2) is 59.3 Å². The summed E-state index contributed by atoms with van der Waals surface area (Å²) >= 11 is 3.35. The minimum atomic E-state index is -0.623. The molecule has 0 radical (unpaired) electrons. The molecule has 2 aliphatic rings. The first-order valence-electron chi connectivity index (χ1n) is 12.9. The molecule has 1 aliphatic heterocycles. The van der Waals surface area contributed by atoms with Crippen LogP contribution in [0.3, 0.4) is 0 Å². The highest BCUT2D eigenvalue weighted by Gasteiger charge is 2.64. The van der Waals surface area contributed by atoms with E-state index in [2.05, 4.69) is 48.2 Å². The van der Waals surface area contributed by atoms with E-state index in [9.17, 15) is 14.4 Å². The predicted molar refractivity (Wildman–Crippen MR) is 152 cm³/mol. The predicted octanol–water partition coefficient (Wildman–Crippen LogP) is 3.76. The van der Waals surface area contributed by atoms with E-state index < -0.39 is 6.04 Å². The van der Waals surface area contributed by atoms with Crippen LogP contribution in [0.4, 0.5) is 11.8 Å². The average Bonchev–Trinajstić information content (AvgIpc) is 3.28. The lowest BCUT2D eigenvalue weighted by Gasteiger charge is -2.27. The number of nitrogens with zero attached hydrogens (tertiary/aromatic N) is 6. The summed E-state index contributed by atoms with van der Waals surface area (Å²) in [5, 5.41) is 8.05.